The molecule has 5 heteroatoms. The maximum absolute atomic E-state index is 12.1. The second-order valence-electron chi connectivity index (χ2n) is 5.37. The van der Waals surface area contributed by atoms with Gasteiger partial charge in [-0.25, -0.2) is 4.98 Å². The zero-order chi connectivity index (χ0) is 14.7. The molecule has 0 spiro atoms. The van der Waals surface area contributed by atoms with Crippen molar-refractivity contribution in [2.24, 2.45) is 0 Å². The number of hydrogen-bond donors (Lipinski definition) is 1. The second-order valence-corrected chi connectivity index (χ2v) is 5.37. The quantitative estimate of drug-likeness (QED) is 0.938. The van der Waals surface area contributed by atoms with Gasteiger partial charge in [0.05, 0.1) is 6.54 Å². The number of hydrogen-bond acceptors (Lipinski definition) is 4. The van der Waals surface area contributed by atoms with E-state index < -0.39 is 0 Å². The molecule has 0 unspecified atom stereocenters. The van der Waals surface area contributed by atoms with Crippen LogP contribution < -0.4 is 5.32 Å². The molecule has 0 saturated carbocycles. The summed E-state index contributed by atoms with van der Waals surface area (Å²) in [6.45, 7) is 4.87. The molecular formula is C16H19N3O2. The van der Waals surface area contributed by atoms with E-state index in [2.05, 4.69) is 15.2 Å². The lowest BCUT2D eigenvalue weighted by Gasteiger charge is -2.11. The smallest absolute Gasteiger partial charge is 0.292 e. The first kappa shape index (κ1) is 13.8. The van der Waals surface area contributed by atoms with Crippen LogP contribution in [0, 0.1) is 6.92 Å². The number of aryl methyl sites for hydroxylation is 1. The third-order valence-electron chi connectivity index (χ3n) is 3.59. The van der Waals surface area contributed by atoms with Gasteiger partial charge in [0.2, 0.25) is 0 Å². The van der Waals surface area contributed by atoms with Gasteiger partial charge in [0.15, 0.2) is 5.76 Å². The van der Waals surface area contributed by atoms with Crippen LogP contribution in [0.3, 0.4) is 0 Å². The molecule has 2 aromatic heterocycles. The van der Waals surface area contributed by atoms with Crippen molar-refractivity contribution in [3.8, 4) is 0 Å². The van der Waals surface area contributed by atoms with E-state index in [1.54, 1.807) is 12.1 Å². The Kier molecular flexibility index (Phi) is 4.01. The summed E-state index contributed by atoms with van der Waals surface area (Å²) in [4.78, 5) is 18.7. The van der Waals surface area contributed by atoms with Gasteiger partial charge in [-0.1, -0.05) is 6.07 Å². The molecular weight excluding hydrogens is 266 g/mol. The van der Waals surface area contributed by atoms with Crippen molar-refractivity contribution in [3.63, 3.8) is 0 Å². The summed E-state index contributed by atoms with van der Waals surface area (Å²) >= 11 is 0. The van der Waals surface area contributed by atoms with Crippen molar-refractivity contribution in [2.45, 2.75) is 26.3 Å². The number of pyridine rings is 1. The lowest BCUT2D eigenvalue weighted by atomic mass is 10.3. The molecule has 0 atom stereocenters. The summed E-state index contributed by atoms with van der Waals surface area (Å²) in [7, 11) is 0. The average molecular weight is 285 g/mol. The molecule has 1 saturated heterocycles. The highest BCUT2D eigenvalue weighted by atomic mass is 16.4. The molecule has 3 heterocycles. The van der Waals surface area contributed by atoms with Crippen LogP contribution in [0.2, 0.25) is 0 Å². The number of carbonyl (C=O) groups excluding carboxylic acids is 1. The highest BCUT2D eigenvalue weighted by Gasteiger charge is 2.16. The fraction of sp³-hybridized carbons (Fsp3) is 0.375. The van der Waals surface area contributed by atoms with E-state index in [1.807, 2.05) is 25.1 Å². The average Bonchev–Trinajstić information content (AvgIpc) is 3.11. The Morgan fingerprint density at radius 1 is 1.29 bits per heavy atom. The Bertz CT molecular complexity index is 630. The van der Waals surface area contributed by atoms with Crippen molar-refractivity contribution in [3.05, 3.63) is 47.5 Å². The summed E-state index contributed by atoms with van der Waals surface area (Å²) in [6, 6.07) is 9.10. The van der Waals surface area contributed by atoms with Crippen LogP contribution in [0.4, 0.5) is 5.82 Å². The Balaban J connectivity index is 1.63. The number of anilines is 1. The van der Waals surface area contributed by atoms with Gasteiger partial charge in [0.25, 0.3) is 5.91 Å². The number of aromatic nitrogens is 1. The van der Waals surface area contributed by atoms with Crippen LogP contribution in [0.25, 0.3) is 0 Å². The zero-order valence-corrected chi connectivity index (χ0v) is 12.1. The molecule has 5 nitrogen and oxygen atoms in total. The molecule has 0 bridgehead atoms. The van der Waals surface area contributed by atoms with Crippen LogP contribution in [-0.4, -0.2) is 28.9 Å². The number of carbonyl (C=O) groups is 1. The van der Waals surface area contributed by atoms with Crippen molar-refractivity contribution in [2.75, 3.05) is 18.4 Å². The van der Waals surface area contributed by atoms with E-state index in [9.17, 15) is 4.79 Å². The molecule has 0 radical (unpaired) electrons. The van der Waals surface area contributed by atoms with Crippen molar-refractivity contribution >= 4 is 11.7 Å². The molecule has 1 fully saturated rings. The summed E-state index contributed by atoms with van der Waals surface area (Å²) in [6.07, 6.45) is 2.49. The van der Waals surface area contributed by atoms with Gasteiger partial charge in [-0.3, -0.25) is 9.69 Å². The van der Waals surface area contributed by atoms with Crippen molar-refractivity contribution < 1.29 is 9.21 Å². The molecule has 1 amide bonds. The first-order chi connectivity index (χ1) is 10.2. The van der Waals surface area contributed by atoms with Crippen LogP contribution in [0.15, 0.2) is 34.7 Å². The Morgan fingerprint density at radius 3 is 2.86 bits per heavy atom. The van der Waals surface area contributed by atoms with Gasteiger partial charge in [-0.2, -0.15) is 0 Å². The van der Waals surface area contributed by atoms with Crippen LogP contribution >= 0.6 is 0 Å². The monoisotopic (exact) mass is 285 g/mol. The van der Waals surface area contributed by atoms with Gasteiger partial charge in [0.1, 0.15) is 11.6 Å². The summed E-state index contributed by atoms with van der Waals surface area (Å²) in [5.74, 6) is 1.44. The Hall–Kier alpha value is -2.14. The summed E-state index contributed by atoms with van der Waals surface area (Å²) < 4.78 is 5.63. The van der Waals surface area contributed by atoms with Crippen LogP contribution in [0.5, 0.6) is 0 Å². The molecule has 110 valence electrons. The van der Waals surface area contributed by atoms with E-state index in [0.717, 1.165) is 31.1 Å². The van der Waals surface area contributed by atoms with E-state index in [-0.39, 0.29) is 5.91 Å². The fourth-order valence-electron chi connectivity index (χ4n) is 2.54. The number of nitrogens with zero attached hydrogens (tertiary/aromatic N) is 2. The van der Waals surface area contributed by atoms with E-state index in [4.69, 9.17) is 4.42 Å². The number of rotatable bonds is 4. The molecule has 1 aliphatic heterocycles. The molecule has 1 N–H and O–H groups in total. The molecule has 3 rings (SSSR count). The highest BCUT2D eigenvalue weighted by Crippen LogP contribution is 2.16. The minimum absolute atomic E-state index is 0.263. The van der Waals surface area contributed by atoms with Gasteiger partial charge in [-0.15, -0.1) is 0 Å². The van der Waals surface area contributed by atoms with Crippen LogP contribution in [0.1, 0.15) is 34.9 Å². The summed E-state index contributed by atoms with van der Waals surface area (Å²) in [5, 5.41) is 2.75. The van der Waals surface area contributed by atoms with Gasteiger partial charge in [-0.05, 0) is 57.1 Å². The van der Waals surface area contributed by atoms with E-state index in [1.165, 1.54) is 12.8 Å². The third kappa shape index (κ3) is 3.49. The Labute approximate surface area is 124 Å². The standard InChI is InChI=1S/C16H19N3O2/c1-12-5-4-6-15(17-12)18-16(20)14-8-7-13(21-14)11-19-9-2-3-10-19/h4-8H,2-3,9-11H2,1H3,(H,17,18,20). The number of nitrogens with one attached hydrogen (secondary N) is 1. The zero-order valence-electron chi connectivity index (χ0n) is 12.1. The van der Waals surface area contributed by atoms with Crippen molar-refractivity contribution in [1.29, 1.82) is 0 Å². The molecule has 21 heavy (non-hydrogen) atoms. The normalized spacial score (nSPS) is 15.3. The largest absolute Gasteiger partial charge is 0.455 e. The number of amides is 1. The molecule has 1 aliphatic rings. The van der Waals surface area contributed by atoms with Gasteiger partial charge in [0, 0.05) is 5.69 Å². The minimum Gasteiger partial charge on any atom is -0.455 e. The molecule has 0 aliphatic carbocycles. The highest BCUT2D eigenvalue weighted by molar-refractivity contribution is 6.01. The summed E-state index contributed by atoms with van der Waals surface area (Å²) in [5.41, 5.74) is 0.863. The first-order valence-electron chi connectivity index (χ1n) is 7.27. The minimum atomic E-state index is -0.263. The number of likely N-dealkylation sites (tertiary alicyclic amines) is 1. The van der Waals surface area contributed by atoms with Crippen molar-refractivity contribution in [1.82, 2.24) is 9.88 Å². The third-order valence-corrected chi connectivity index (χ3v) is 3.59. The fourth-order valence-corrected chi connectivity index (χ4v) is 2.54. The number of furan rings is 1. The molecule has 2 aromatic rings. The lowest BCUT2D eigenvalue weighted by Crippen LogP contribution is -2.18. The Morgan fingerprint density at radius 2 is 2.10 bits per heavy atom. The van der Waals surface area contributed by atoms with E-state index >= 15 is 0 Å². The maximum Gasteiger partial charge on any atom is 0.292 e. The predicted molar refractivity (Wildman–Crippen MR) is 80.1 cm³/mol. The maximum atomic E-state index is 12.1. The van der Waals surface area contributed by atoms with Gasteiger partial charge < -0.3 is 9.73 Å². The predicted octanol–water partition coefficient (Wildman–Crippen LogP) is 2.83. The SMILES string of the molecule is Cc1cccc(NC(=O)c2ccc(CN3CCCC3)o2)n1. The second kappa shape index (κ2) is 6.10. The van der Waals surface area contributed by atoms with E-state index in [0.29, 0.717) is 11.6 Å². The molecule has 0 aromatic carbocycles. The lowest BCUT2D eigenvalue weighted by molar-refractivity contribution is 0.0993. The first-order valence-corrected chi connectivity index (χ1v) is 7.27. The van der Waals surface area contributed by atoms with Gasteiger partial charge >= 0.3 is 0 Å². The topological polar surface area (TPSA) is 58.4 Å². The van der Waals surface area contributed by atoms with Crippen LogP contribution in [-0.2, 0) is 6.54 Å².